The highest BCUT2D eigenvalue weighted by Crippen LogP contribution is 2.14. The lowest BCUT2D eigenvalue weighted by atomic mass is 9.98. The fourth-order valence-corrected chi connectivity index (χ4v) is 2.61. The number of amides is 1. The van der Waals surface area contributed by atoms with Gasteiger partial charge in [0.15, 0.2) is 0 Å². The number of likely N-dealkylation sites (N-methyl/N-ethyl adjacent to an activating group) is 1. The maximum absolute atomic E-state index is 12.2. The summed E-state index contributed by atoms with van der Waals surface area (Å²) in [5, 5.41) is 3.32. The van der Waals surface area contributed by atoms with E-state index in [0.29, 0.717) is 5.91 Å². The Balaban J connectivity index is 1.81. The first-order valence-electron chi connectivity index (χ1n) is 6.53. The zero-order valence-corrected chi connectivity index (χ0v) is 10.2. The van der Waals surface area contributed by atoms with E-state index in [9.17, 15) is 4.79 Å². The monoisotopic (exact) mass is 225 g/mol. The maximum Gasteiger partial charge on any atom is 0.227 e. The fourth-order valence-electron chi connectivity index (χ4n) is 2.61. The molecule has 2 aliphatic heterocycles. The second kappa shape index (κ2) is 5.64. The number of hydrogen-bond donors (Lipinski definition) is 1. The molecule has 0 radical (unpaired) electrons. The Labute approximate surface area is 98.0 Å². The average molecular weight is 225 g/mol. The van der Waals surface area contributed by atoms with Crippen molar-refractivity contribution >= 4 is 5.91 Å². The molecule has 0 aromatic heterocycles. The molecule has 4 nitrogen and oxygen atoms in total. The summed E-state index contributed by atoms with van der Waals surface area (Å²) >= 11 is 0. The third kappa shape index (κ3) is 2.74. The molecule has 92 valence electrons. The highest BCUT2D eigenvalue weighted by Gasteiger charge is 2.27. The third-order valence-corrected chi connectivity index (χ3v) is 3.78. The van der Waals surface area contributed by atoms with E-state index in [1.54, 1.807) is 0 Å². The number of nitrogens with one attached hydrogen (secondary N) is 1. The van der Waals surface area contributed by atoms with Crippen molar-refractivity contribution in [3.05, 3.63) is 0 Å². The Morgan fingerprint density at radius 1 is 1.31 bits per heavy atom. The van der Waals surface area contributed by atoms with Gasteiger partial charge in [0, 0.05) is 32.7 Å². The molecule has 2 rings (SSSR count). The molecule has 1 N–H and O–H groups in total. The molecular weight excluding hydrogens is 202 g/mol. The van der Waals surface area contributed by atoms with Crippen LogP contribution in [0.2, 0.25) is 0 Å². The predicted molar refractivity (Wildman–Crippen MR) is 64.3 cm³/mol. The van der Waals surface area contributed by atoms with E-state index in [1.165, 1.54) is 0 Å². The van der Waals surface area contributed by atoms with Crippen LogP contribution in [0.25, 0.3) is 0 Å². The molecule has 2 saturated heterocycles. The van der Waals surface area contributed by atoms with Crippen molar-refractivity contribution in [3.8, 4) is 0 Å². The highest BCUT2D eigenvalue weighted by molar-refractivity contribution is 5.79. The van der Waals surface area contributed by atoms with Crippen LogP contribution >= 0.6 is 0 Å². The fraction of sp³-hybridized carbons (Fsp3) is 0.917. The van der Waals surface area contributed by atoms with Gasteiger partial charge in [0.05, 0.1) is 5.92 Å². The molecule has 1 atom stereocenters. The van der Waals surface area contributed by atoms with E-state index < -0.39 is 0 Å². The Hall–Kier alpha value is -0.610. The number of carbonyl (C=O) groups is 1. The van der Waals surface area contributed by atoms with Crippen molar-refractivity contribution in [2.24, 2.45) is 5.92 Å². The summed E-state index contributed by atoms with van der Waals surface area (Å²) in [5.41, 5.74) is 0. The standard InChI is InChI=1S/C12H23N3O/c1-2-14-6-8-15(9-7-14)12(16)11-4-3-5-13-10-11/h11,13H,2-10H2,1H3. The molecule has 4 heteroatoms. The van der Waals surface area contributed by atoms with Crippen LogP contribution in [0.1, 0.15) is 19.8 Å². The first-order chi connectivity index (χ1) is 7.81. The summed E-state index contributed by atoms with van der Waals surface area (Å²) < 4.78 is 0. The normalized spacial score (nSPS) is 28.1. The van der Waals surface area contributed by atoms with Crippen LogP contribution in [0.4, 0.5) is 0 Å². The van der Waals surface area contributed by atoms with Gasteiger partial charge in [-0.3, -0.25) is 4.79 Å². The van der Waals surface area contributed by atoms with Crippen molar-refractivity contribution in [2.75, 3.05) is 45.8 Å². The molecule has 0 bridgehead atoms. The van der Waals surface area contributed by atoms with Gasteiger partial charge >= 0.3 is 0 Å². The summed E-state index contributed by atoms with van der Waals surface area (Å²) in [7, 11) is 0. The Morgan fingerprint density at radius 2 is 2.06 bits per heavy atom. The number of rotatable bonds is 2. The van der Waals surface area contributed by atoms with Crippen LogP contribution < -0.4 is 5.32 Å². The summed E-state index contributed by atoms with van der Waals surface area (Å²) in [6, 6.07) is 0. The van der Waals surface area contributed by atoms with Gasteiger partial charge in [-0.1, -0.05) is 6.92 Å². The summed E-state index contributed by atoms with van der Waals surface area (Å²) in [6.45, 7) is 9.17. The predicted octanol–water partition coefficient (Wildman–Crippen LogP) is 0.150. The third-order valence-electron chi connectivity index (χ3n) is 3.78. The first kappa shape index (κ1) is 11.9. The van der Waals surface area contributed by atoms with Gasteiger partial charge in [0.25, 0.3) is 0 Å². The van der Waals surface area contributed by atoms with E-state index in [-0.39, 0.29) is 5.92 Å². The SMILES string of the molecule is CCN1CCN(C(=O)C2CCCNC2)CC1. The number of piperidine rings is 1. The molecule has 1 unspecified atom stereocenters. The van der Waals surface area contributed by atoms with Crippen LogP contribution in [-0.4, -0.2) is 61.5 Å². The second-order valence-corrected chi connectivity index (χ2v) is 4.80. The Kier molecular flexibility index (Phi) is 4.18. The summed E-state index contributed by atoms with van der Waals surface area (Å²) in [5.74, 6) is 0.616. The average Bonchev–Trinajstić information content (AvgIpc) is 2.39. The smallest absolute Gasteiger partial charge is 0.227 e. The van der Waals surface area contributed by atoms with Crippen LogP contribution in [0.15, 0.2) is 0 Å². The minimum atomic E-state index is 0.238. The molecule has 1 amide bonds. The highest BCUT2D eigenvalue weighted by atomic mass is 16.2. The number of nitrogens with zero attached hydrogens (tertiary/aromatic N) is 2. The van der Waals surface area contributed by atoms with Crippen LogP contribution in [0.5, 0.6) is 0 Å². The lowest BCUT2D eigenvalue weighted by Gasteiger charge is -2.36. The van der Waals surface area contributed by atoms with Crippen LogP contribution in [0, 0.1) is 5.92 Å². The van der Waals surface area contributed by atoms with Gasteiger partial charge in [0.2, 0.25) is 5.91 Å². The van der Waals surface area contributed by atoms with E-state index in [1.807, 2.05) is 0 Å². The number of carbonyl (C=O) groups excluding carboxylic acids is 1. The summed E-state index contributed by atoms with van der Waals surface area (Å²) in [6.07, 6.45) is 2.21. The first-order valence-corrected chi connectivity index (χ1v) is 6.53. The zero-order valence-electron chi connectivity index (χ0n) is 10.2. The molecule has 2 fully saturated rings. The molecule has 0 aromatic rings. The molecule has 2 aliphatic rings. The number of piperazine rings is 1. The molecule has 0 aliphatic carbocycles. The zero-order chi connectivity index (χ0) is 11.4. The molecule has 0 aromatic carbocycles. The lowest BCUT2D eigenvalue weighted by molar-refractivity contribution is -0.137. The van der Waals surface area contributed by atoms with E-state index in [0.717, 1.165) is 58.7 Å². The molecular formula is C12H23N3O. The van der Waals surface area contributed by atoms with Crippen molar-refractivity contribution in [2.45, 2.75) is 19.8 Å². The molecule has 0 saturated carbocycles. The van der Waals surface area contributed by atoms with Gasteiger partial charge in [-0.25, -0.2) is 0 Å². The van der Waals surface area contributed by atoms with Crippen molar-refractivity contribution in [1.29, 1.82) is 0 Å². The van der Waals surface area contributed by atoms with Gasteiger partial charge in [-0.2, -0.15) is 0 Å². The molecule has 16 heavy (non-hydrogen) atoms. The topological polar surface area (TPSA) is 35.6 Å². The molecule has 2 heterocycles. The summed E-state index contributed by atoms with van der Waals surface area (Å²) in [4.78, 5) is 16.7. The minimum absolute atomic E-state index is 0.238. The van der Waals surface area contributed by atoms with Crippen molar-refractivity contribution < 1.29 is 4.79 Å². The van der Waals surface area contributed by atoms with Crippen LogP contribution in [0.3, 0.4) is 0 Å². The van der Waals surface area contributed by atoms with Gasteiger partial charge in [0.1, 0.15) is 0 Å². The quantitative estimate of drug-likeness (QED) is 0.726. The van der Waals surface area contributed by atoms with Crippen molar-refractivity contribution in [1.82, 2.24) is 15.1 Å². The minimum Gasteiger partial charge on any atom is -0.340 e. The van der Waals surface area contributed by atoms with E-state index in [4.69, 9.17) is 0 Å². The Bertz CT molecular complexity index is 230. The number of hydrogen-bond acceptors (Lipinski definition) is 3. The Morgan fingerprint density at radius 3 is 2.62 bits per heavy atom. The van der Waals surface area contributed by atoms with Gasteiger partial charge in [-0.05, 0) is 25.9 Å². The van der Waals surface area contributed by atoms with Crippen molar-refractivity contribution in [3.63, 3.8) is 0 Å². The van der Waals surface area contributed by atoms with Gasteiger partial charge in [-0.15, -0.1) is 0 Å². The lowest BCUT2D eigenvalue weighted by Crippen LogP contribution is -2.52. The van der Waals surface area contributed by atoms with Crippen LogP contribution in [-0.2, 0) is 4.79 Å². The van der Waals surface area contributed by atoms with E-state index in [2.05, 4.69) is 22.0 Å². The largest absolute Gasteiger partial charge is 0.340 e. The molecule has 0 spiro atoms. The van der Waals surface area contributed by atoms with E-state index >= 15 is 0 Å². The second-order valence-electron chi connectivity index (χ2n) is 4.80. The maximum atomic E-state index is 12.2. The van der Waals surface area contributed by atoms with Gasteiger partial charge < -0.3 is 15.1 Å².